The molecule has 0 bridgehead atoms. The first kappa shape index (κ1) is 46.1. The molecule has 1 fully saturated rings. The van der Waals surface area contributed by atoms with E-state index >= 15 is 0 Å². The van der Waals surface area contributed by atoms with Crippen molar-refractivity contribution in [1.29, 1.82) is 0 Å². The standard InChI is InChI=1S/C35H47N3.C13H16O4.Co/c1-20(2)28-16-24(9)17-29(21(3)4)34(28)36-26(11)32-14-13-15-33(38-32)27(12)37-35-30(22(5)6)18-25(10)19-31(35)23(7)8;14-10-7-6-9(8-4-2-1-3-5-8)11(12(10)15)13(16)17;/h13-23H,1-12H3;6-8,14-15H,1-5H2,(H,16,17);/p-1. The van der Waals surface area contributed by atoms with Crippen LogP contribution in [0.15, 0.2) is 64.6 Å². The maximum atomic E-state index is 11.6. The molecule has 0 atom stereocenters. The topological polar surface area (TPSA) is 118 Å². The third kappa shape index (κ3) is 11.2. The smallest absolute Gasteiger partial charge is 0.335 e. The molecule has 1 heterocycles. The Labute approximate surface area is 346 Å². The number of rotatable bonds is 10. The van der Waals surface area contributed by atoms with Crippen molar-refractivity contribution in [3.63, 3.8) is 0 Å². The Morgan fingerprint density at radius 2 is 1.09 bits per heavy atom. The van der Waals surface area contributed by atoms with E-state index in [-0.39, 0.29) is 28.3 Å². The molecule has 0 saturated heterocycles. The Bertz CT molecular complexity index is 1900. The molecular formula is C48H62CoN3O4-. The van der Waals surface area contributed by atoms with E-state index < -0.39 is 17.5 Å². The third-order valence-electron chi connectivity index (χ3n) is 10.6. The molecule has 0 aliphatic heterocycles. The minimum Gasteiger partial charge on any atom is -0.869 e. The Balaban J connectivity index is 0.000000389. The number of pyridine rings is 1. The number of phenolic OH excluding ortho intramolecular Hbond substituents is 1. The van der Waals surface area contributed by atoms with Gasteiger partial charge in [0.25, 0.3) is 0 Å². The fourth-order valence-electron chi connectivity index (χ4n) is 7.54. The number of hydrogen-bond acceptors (Lipinski definition) is 6. The zero-order chi connectivity index (χ0) is 40.7. The normalized spacial score (nSPS) is 13.9. The Hall–Kier alpha value is -4.27. The van der Waals surface area contributed by atoms with Crippen molar-refractivity contribution in [1.82, 2.24) is 4.98 Å². The van der Waals surface area contributed by atoms with E-state index in [1.54, 1.807) is 6.07 Å². The van der Waals surface area contributed by atoms with Gasteiger partial charge in [-0.05, 0) is 116 Å². The van der Waals surface area contributed by atoms with Crippen LogP contribution in [0.5, 0.6) is 11.5 Å². The second kappa shape index (κ2) is 20.2. The molecule has 1 radical (unpaired) electrons. The summed E-state index contributed by atoms with van der Waals surface area (Å²) >= 11 is 0. The van der Waals surface area contributed by atoms with Crippen molar-refractivity contribution in [3.8, 4) is 11.5 Å². The van der Waals surface area contributed by atoms with Crippen molar-refractivity contribution in [2.24, 2.45) is 9.98 Å². The molecule has 1 aromatic heterocycles. The number of nitrogens with zero attached hydrogens (tertiary/aromatic N) is 3. The van der Waals surface area contributed by atoms with E-state index in [0.717, 1.165) is 59.9 Å². The monoisotopic (exact) mass is 803 g/mol. The van der Waals surface area contributed by atoms with E-state index in [9.17, 15) is 15.0 Å². The van der Waals surface area contributed by atoms with Crippen LogP contribution in [0.1, 0.15) is 192 Å². The first-order valence-corrected chi connectivity index (χ1v) is 20.0. The number of aromatic carboxylic acids is 1. The maximum absolute atomic E-state index is 11.6. The van der Waals surface area contributed by atoms with Crippen LogP contribution in [0, 0.1) is 13.8 Å². The van der Waals surface area contributed by atoms with Crippen LogP contribution < -0.4 is 5.11 Å². The number of aryl methyl sites for hydroxylation is 2. The molecule has 0 unspecified atom stereocenters. The first-order chi connectivity index (χ1) is 25.9. The molecule has 1 saturated carbocycles. The summed E-state index contributed by atoms with van der Waals surface area (Å²) in [4.78, 5) is 26.6. The molecule has 7 nitrogen and oxygen atoms in total. The summed E-state index contributed by atoms with van der Waals surface area (Å²) < 4.78 is 0. The van der Waals surface area contributed by atoms with Gasteiger partial charge < -0.3 is 15.3 Å². The largest absolute Gasteiger partial charge is 0.869 e. The fraction of sp³-hybridized carbons (Fsp3) is 0.458. The van der Waals surface area contributed by atoms with Gasteiger partial charge in [-0.2, -0.15) is 0 Å². The molecule has 303 valence electrons. The number of carboxylic acid groups (broad SMARTS) is 1. The predicted octanol–water partition coefficient (Wildman–Crippen LogP) is 12.7. The summed E-state index contributed by atoms with van der Waals surface area (Å²) in [7, 11) is 0. The predicted molar refractivity (Wildman–Crippen MR) is 227 cm³/mol. The Kier molecular flexibility index (Phi) is 16.7. The zero-order valence-electron chi connectivity index (χ0n) is 35.5. The molecule has 1 aliphatic rings. The molecular weight excluding hydrogens is 741 g/mol. The van der Waals surface area contributed by atoms with Crippen LogP contribution in [0.4, 0.5) is 11.4 Å². The van der Waals surface area contributed by atoms with Crippen LogP contribution in [-0.4, -0.2) is 32.6 Å². The summed E-state index contributed by atoms with van der Waals surface area (Å²) in [6.07, 6.45) is 5.15. The van der Waals surface area contributed by atoms with Crippen molar-refractivity contribution in [3.05, 3.63) is 110 Å². The van der Waals surface area contributed by atoms with Gasteiger partial charge >= 0.3 is 5.97 Å². The summed E-state index contributed by atoms with van der Waals surface area (Å²) in [5, 5.41) is 30.0. The molecule has 5 rings (SSSR count). The molecule has 8 heteroatoms. The van der Waals surface area contributed by atoms with E-state index in [2.05, 4.69) is 126 Å². The first-order valence-electron chi connectivity index (χ1n) is 20.0. The number of carbonyl (C=O) groups is 1. The summed E-state index contributed by atoms with van der Waals surface area (Å²) in [5.74, 6) is -0.767. The van der Waals surface area contributed by atoms with Crippen LogP contribution in [0.3, 0.4) is 0 Å². The maximum Gasteiger partial charge on any atom is 0.335 e. The van der Waals surface area contributed by atoms with E-state index in [0.29, 0.717) is 29.2 Å². The SMILES string of the molecule is CC(=Nc1c(C(C)C)cc(C)cc1C(C)C)c1cccc(C(C)=Nc2c(C(C)C)cc(C)cc2C(C)C)n1.O=C(O)c1c(C2CCCCC2)ccc(O)c1[O-].[Co]. The van der Waals surface area contributed by atoms with Crippen molar-refractivity contribution in [2.75, 3.05) is 0 Å². The number of aromatic nitrogens is 1. The van der Waals surface area contributed by atoms with Gasteiger partial charge in [-0.1, -0.05) is 128 Å². The Morgan fingerprint density at radius 3 is 1.45 bits per heavy atom. The fourth-order valence-corrected chi connectivity index (χ4v) is 7.54. The van der Waals surface area contributed by atoms with Gasteiger partial charge in [0.2, 0.25) is 0 Å². The van der Waals surface area contributed by atoms with Crippen LogP contribution in [0.25, 0.3) is 0 Å². The average Bonchev–Trinajstić information content (AvgIpc) is 3.13. The average molecular weight is 804 g/mol. The third-order valence-corrected chi connectivity index (χ3v) is 10.6. The van der Waals surface area contributed by atoms with Crippen molar-refractivity contribution in [2.45, 2.75) is 145 Å². The van der Waals surface area contributed by atoms with Gasteiger partial charge in [-0.25, -0.2) is 9.78 Å². The number of aromatic hydroxyl groups is 1. The van der Waals surface area contributed by atoms with E-state index in [1.165, 1.54) is 45.9 Å². The van der Waals surface area contributed by atoms with Crippen molar-refractivity contribution >= 4 is 28.8 Å². The summed E-state index contributed by atoms with van der Waals surface area (Å²) in [6, 6.07) is 18.2. The molecule has 4 aromatic rings. The van der Waals surface area contributed by atoms with Gasteiger partial charge in [0.15, 0.2) is 0 Å². The number of aliphatic imine (C=N–C) groups is 2. The van der Waals surface area contributed by atoms with Crippen LogP contribution in [0.2, 0.25) is 0 Å². The Morgan fingerprint density at radius 1 is 0.696 bits per heavy atom. The van der Waals surface area contributed by atoms with Crippen LogP contribution >= 0.6 is 0 Å². The molecule has 2 N–H and O–H groups in total. The van der Waals surface area contributed by atoms with E-state index in [4.69, 9.17) is 20.1 Å². The molecule has 56 heavy (non-hydrogen) atoms. The minimum atomic E-state index is -1.24. The molecule has 0 amide bonds. The number of carboxylic acids is 1. The quantitative estimate of drug-likeness (QED) is 0.155. The number of phenols is 1. The molecule has 0 spiro atoms. The molecule has 1 aliphatic carbocycles. The van der Waals surface area contributed by atoms with Gasteiger partial charge in [-0.15, -0.1) is 0 Å². The summed E-state index contributed by atoms with van der Waals surface area (Å²) in [5.41, 5.74) is 13.9. The van der Waals surface area contributed by atoms with Gasteiger partial charge in [0.1, 0.15) is 5.75 Å². The number of benzene rings is 3. The minimum absolute atomic E-state index is 0. The van der Waals surface area contributed by atoms with E-state index in [1.807, 2.05) is 0 Å². The van der Waals surface area contributed by atoms with Gasteiger partial charge in [-0.3, -0.25) is 9.98 Å². The summed E-state index contributed by atoms with van der Waals surface area (Å²) in [6.45, 7) is 26.4. The second-order valence-corrected chi connectivity index (χ2v) is 16.5. The zero-order valence-corrected chi connectivity index (χ0v) is 36.5. The second-order valence-electron chi connectivity index (χ2n) is 16.5. The number of hydrogen-bond donors (Lipinski definition) is 2. The van der Waals surface area contributed by atoms with Crippen molar-refractivity contribution < 1.29 is 36.9 Å². The molecule has 3 aromatic carbocycles. The van der Waals surface area contributed by atoms with Crippen LogP contribution in [-0.2, 0) is 16.8 Å². The van der Waals surface area contributed by atoms with Gasteiger partial charge in [0.05, 0.1) is 39.7 Å². The van der Waals surface area contributed by atoms with Gasteiger partial charge in [0, 0.05) is 16.8 Å².